The predicted molar refractivity (Wildman–Crippen MR) is 78.3 cm³/mol. The molecule has 1 aliphatic heterocycles. The zero-order chi connectivity index (χ0) is 13.5. The number of nitrogens with one attached hydrogen (secondary N) is 2. The average Bonchev–Trinajstić information content (AvgIpc) is 2.68. The molecule has 1 saturated heterocycles. The van der Waals surface area contributed by atoms with Gasteiger partial charge in [0.2, 0.25) is 0 Å². The molecule has 4 heteroatoms. The van der Waals surface area contributed by atoms with Gasteiger partial charge in [0.25, 0.3) is 0 Å². The molecule has 19 heavy (non-hydrogen) atoms. The van der Waals surface area contributed by atoms with Crippen LogP contribution >= 0.6 is 0 Å². The van der Waals surface area contributed by atoms with Gasteiger partial charge in [-0.25, -0.2) is 4.79 Å². The van der Waals surface area contributed by atoms with Crippen LogP contribution in [0, 0.1) is 0 Å². The number of carbonyl (C=O) groups excluding carboxylic acids is 1. The fraction of sp³-hybridized carbons (Fsp3) is 0.933. The topological polar surface area (TPSA) is 44.4 Å². The van der Waals surface area contributed by atoms with E-state index in [1.54, 1.807) is 0 Å². The van der Waals surface area contributed by atoms with Gasteiger partial charge in [-0.2, -0.15) is 0 Å². The number of amides is 2. The lowest BCUT2D eigenvalue weighted by molar-refractivity contribution is 0.127. The number of rotatable bonds is 3. The van der Waals surface area contributed by atoms with E-state index in [9.17, 15) is 4.79 Å². The zero-order valence-electron chi connectivity index (χ0n) is 12.3. The minimum atomic E-state index is -0.00443. The summed E-state index contributed by atoms with van der Waals surface area (Å²) in [5, 5.41) is 5.94. The lowest BCUT2D eigenvalue weighted by atomic mass is 10.00. The van der Waals surface area contributed by atoms with Crippen molar-refractivity contribution in [2.45, 2.75) is 70.4 Å². The summed E-state index contributed by atoms with van der Waals surface area (Å²) in [7, 11) is 0. The fourth-order valence-corrected chi connectivity index (χ4v) is 3.48. The Morgan fingerprint density at radius 1 is 1.11 bits per heavy atom. The summed E-state index contributed by atoms with van der Waals surface area (Å²) in [6.45, 7) is 4.92. The summed E-state index contributed by atoms with van der Waals surface area (Å²) in [5.74, 6) is 0. The summed E-state index contributed by atoms with van der Waals surface area (Å²) < 4.78 is 0. The molecule has 2 amide bonds. The molecular formula is C15H29N3O. The van der Waals surface area contributed by atoms with Gasteiger partial charge in [0, 0.05) is 25.2 Å². The highest BCUT2D eigenvalue weighted by molar-refractivity contribution is 5.74. The van der Waals surface area contributed by atoms with Crippen molar-refractivity contribution >= 4 is 6.03 Å². The molecule has 1 unspecified atom stereocenters. The summed E-state index contributed by atoms with van der Waals surface area (Å²) in [6, 6.07) is 1.10. The zero-order valence-corrected chi connectivity index (χ0v) is 12.3. The Labute approximate surface area is 117 Å². The van der Waals surface area contributed by atoms with Crippen LogP contribution in [0.2, 0.25) is 0 Å². The van der Waals surface area contributed by atoms with Crippen LogP contribution in [0.3, 0.4) is 0 Å². The third kappa shape index (κ3) is 4.68. The van der Waals surface area contributed by atoms with Gasteiger partial charge in [0.15, 0.2) is 0 Å². The lowest BCUT2D eigenvalue weighted by Crippen LogP contribution is -2.52. The van der Waals surface area contributed by atoms with Gasteiger partial charge in [-0.05, 0) is 39.2 Å². The minimum Gasteiger partial charge on any atom is -0.338 e. The summed E-state index contributed by atoms with van der Waals surface area (Å²) >= 11 is 0. The lowest BCUT2D eigenvalue weighted by Gasteiger charge is -2.38. The van der Waals surface area contributed by atoms with E-state index in [0.717, 1.165) is 19.0 Å². The van der Waals surface area contributed by atoms with E-state index in [2.05, 4.69) is 15.5 Å². The van der Waals surface area contributed by atoms with Crippen molar-refractivity contribution in [3.8, 4) is 0 Å². The molecule has 1 atom stereocenters. The smallest absolute Gasteiger partial charge is 0.315 e. The second kappa shape index (κ2) is 7.73. The number of hydrogen-bond donors (Lipinski definition) is 2. The first-order valence-corrected chi connectivity index (χ1v) is 8.08. The highest BCUT2D eigenvalue weighted by Crippen LogP contribution is 2.24. The van der Waals surface area contributed by atoms with Gasteiger partial charge >= 0.3 is 6.03 Å². The number of likely N-dealkylation sites (tertiary alicyclic amines) is 1. The standard InChI is InChI=1S/C15H29N3O/c1-2-16-15(19)17-13-8-7-11-18(12-13)14-9-5-3-4-6-10-14/h13-14H,2-12H2,1H3,(H2,16,17,19). The summed E-state index contributed by atoms with van der Waals surface area (Å²) in [6.07, 6.45) is 10.6. The van der Waals surface area contributed by atoms with Gasteiger partial charge < -0.3 is 10.6 Å². The molecule has 2 aliphatic rings. The normalized spacial score (nSPS) is 26.7. The number of carbonyl (C=O) groups is 1. The maximum Gasteiger partial charge on any atom is 0.315 e. The van der Waals surface area contributed by atoms with E-state index in [4.69, 9.17) is 0 Å². The van der Waals surface area contributed by atoms with Gasteiger partial charge in [-0.15, -0.1) is 0 Å². The van der Waals surface area contributed by atoms with Crippen molar-refractivity contribution in [2.24, 2.45) is 0 Å². The van der Waals surface area contributed by atoms with E-state index >= 15 is 0 Å². The van der Waals surface area contributed by atoms with Gasteiger partial charge in [0.05, 0.1) is 0 Å². The Balaban J connectivity index is 1.80. The Morgan fingerprint density at radius 2 is 1.84 bits per heavy atom. The molecule has 2 N–H and O–H groups in total. The maximum absolute atomic E-state index is 11.6. The van der Waals surface area contributed by atoms with Gasteiger partial charge in [-0.1, -0.05) is 25.7 Å². The molecule has 4 nitrogen and oxygen atoms in total. The number of urea groups is 1. The number of nitrogens with zero attached hydrogens (tertiary/aromatic N) is 1. The maximum atomic E-state index is 11.6. The van der Waals surface area contributed by atoms with Crippen molar-refractivity contribution in [2.75, 3.05) is 19.6 Å². The first-order chi connectivity index (χ1) is 9.29. The monoisotopic (exact) mass is 267 g/mol. The third-order valence-corrected chi connectivity index (χ3v) is 4.47. The van der Waals surface area contributed by atoms with Gasteiger partial charge in [0.1, 0.15) is 0 Å². The summed E-state index contributed by atoms with van der Waals surface area (Å²) in [4.78, 5) is 14.2. The molecule has 0 spiro atoms. The molecule has 2 rings (SSSR count). The van der Waals surface area contributed by atoms with E-state index < -0.39 is 0 Å². The molecule has 110 valence electrons. The highest BCUT2D eigenvalue weighted by atomic mass is 16.2. The van der Waals surface area contributed by atoms with Crippen LogP contribution in [-0.2, 0) is 0 Å². The molecule has 2 fully saturated rings. The molecule has 0 aromatic rings. The molecule has 1 heterocycles. The molecule has 0 aromatic carbocycles. The second-order valence-electron chi connectivity index (χ2n) is 5.98. The predicted octanol–water partition coefficient (Wildman–Crippen LogP) is 2.49. The first-order valence-electron chi connectivity index (χ1n) is 8.08. The molecule has 1 saturated carbocycles. The van der Waals surface area contributed by atoms with E-state index in [1.165, 1.54) is 51.5 Å². The third-order valence-electron chi connectivity index (χ3n) is 4.47. The Kier molecular flexibility index (Phi) is 5.95. The average molecular weight is 267 g/mol. The first kappa shape index (κ1) is 14.6. The van der Waals surface area contributed by atoms with Crippen LogP contribution in [0.1, 0.15) is 58.3 Å². The Morgan fingerprint density at radius 3 is 2.53 bits per heavy atom. The SMILES string of the molecule is CCNC(=O)NC1CCCN(C2CCCCCC2)C1. The second-order valence-corrected chi connectivity index (χ2v) is 5.98. The van der Waals surface area contributed by atoms with Crippen molar-refractivity contribution < 1.29 is 4.79 Å². The highest BCUT2D eigenvalue weighted by Gasteiger charge is 2.26. The fourth-order valence-electron chi connectivity index (χ4n) is 3.48. The molecule has 0 bridgehead atoms. The van der Waals surface area contributed by atoms with Crippen LogP contribution in [0.5, 0.6) is 0 Å². The molecular weight excluding hydrogens is 238 g/mol. The van der Waals surface area contributed by atoms with Crippen molar-refractivity contribution in [1.82, 2.24) is 15.5 Å². The molecule has 1 aliphatic carbocycles. The van der Waals surface area contributed by atoms with Crippen molar-refractivity contribution in [1.29, 1.82) is 0 Å². The minimum absolute atomic E-state index is 0.00443. The van der Waals surface area contributed by atoms with Crippen molar-refractivity contribution in [3.63, 3.8) is 0 Å². The van der Waals surface area contributed by atoms with E-state index in [1.807, 2.05) is 6.92 Å². The van der Waals surface area contributed by atoms with Crippen LogP contribution in [-0.4, -0.2) is 42.6 Å². The largest absolute Gasteiger partial charge is 0.338 e. The Bertz CT molecular complexity index is 275. The van der Waals surface area contributed by atoms with Crippen LogP contribution < -0.4 is 10.6 Å². The van der Waals surface area contributed by atoms with Crippen LogP contribution in [0.4, 0.5) is 4.79 Å². The Hall–Kier alpha value is -0.770. The quantitative estimate of drug-likeness (QED) is 0.772. The number of hydrogen-bond acceptors (Lipinski definition) is 2. The molecule has 0 aromatic heterocycles. The van der Waals surface area contributed by atoms with E-state index in [0.29, 0.717) is 12.6 Å². The van der Waals surface area contributed by atoms with E-state index in [-0.39, 0.29) is 6.03 Å². The molecule has 0 radical (unpaired) electrons. The van der Waals surface area contributed by atoms with Crippen LogP contribution in [0.15, 0.2) is 0 Å². The van der Waals surface area contributed by atoms with Gasteiger partial charge in [-0.3, -0.25) is 4.90 Å². The van der Waals surface area contributed by atoms with Crippen LogP contribution in [0.25, 0.3) is 0 Å². The summed E-state index contributed by atoms with van der Waals surface area (Å²) in [5.41, 5.74) is 0. The van der Waals surface area contributed by atoms with Crippen molar-refractivity contribution in [3.05, 3.63) is 0 Å². The number of piperidine rings is 1.